The van der Waals surface area contributed by atoms with Crippen LogP contribution in [-0.2, 0) is 0 Å². The highest BCUT2D eigenvalue weighted by molar-refractivity contribution is 5.19. The van der Waals surface area contributed by atoms with Gasteiger partial charge in [0, 0.05) is 11.8 Å². The molecule has 0 aromatic carbocycles. The van der Waals surface area contributed by atoms with Crippen LogP contribution in [0.25, 0.3) is 0 Å². The van der Waals surface area contributed by atoms with Crippen molar-refractivity contribution in [1.82, 2.24) is 0 Å². The predicted molar refractivity (Wildman–Crippen MR) is 132 cm³/mol. The third kappa shape index (κ3) is 2.78. The molecule has 5 fully saturated rings. The molecule has 5 rings (SSSR count). The van der Waals surface area contributed by atoms with Crippen LogP contribution in [0.4, 0.5) is 0 Å². The third-order valence-electron chi connectivity index (χ3n) is 13.9. The molecular weight excluding hydrogens is 392 g/mol. The number of fused-ring (bicyclic) bond motifs is 7. The lowest BCUT2D eigenvalue weighted by Gasteiger charge is -2.74. The molecule has 0 radical (unpaired) electrons. The number of hydrogen-bond donors (Lipinski definition) is 2. The minimum atomic E-state index is -1.52. The minimum absolute atomic E-state index is 0.228. The predicted octanol–water partition coefficient (Wildman–Crippen LogP) is 7.57. The van der Waals surface area contributed by atoms with Crippen LogP contribution < -0.4 is 0 Å². The van der Waals surface area contributed by atoms with E-state index in [1.807, 2.05) is 0 Å². The van der Waals surface area contributed by atoms with Crippen molar-refractivity contribution in [3.63, 3.8) is 0 Å². The highest BCUT2D eigenvalue weighted by Crippen LogP contribution is 2.77. The van der Waals surface area contributed by atoms with Gasteiger partial charge in [0.1, 0.15) is 0 Å². The van der Waals surface area contributed by atoms with Crippen molar-refractivity contribution in [3.05, 3.63) is 0 Å². The Labute approximate surface area is 198 Å². The van der Waals surface area contributed by atoms with Crippen molar-refractivity contribution in [2.45, 2.75) is 132 Å². The SMILES string of the molecule is CC1(C)CC[C@]2(C)CC[C@]3(C)[C@H](CC[C@@H]4[C@@]5(C)CCC(O)(O)C(C)(C)C5CC[C@]43C)[C@H]2C1. The van der Waals surface area contributed by atoms with Crippen LogP contribution in [-0.4, -0.2) is 16.0 Å². The Bertz CT molecular complexity index is 782. The first-order valence-electron chi connectivity index (χ1n) is 14.0. The Hall–Kier alpha value is -0.0800. The molecule has 1 unspecified atom stereocenters. The van der Waals surface area contributed by atoms with Crippen LogP contribution in [0, 0.1) is 56.2 Å². The van der Waals surface area contributed by atoms with Crippen molar-refractivity contribution in [2.75, 3.05) is 0 Å². The summed E-state index contributed by atoms with van der Waals surface area (Å²) < 4.78 is 0. The van der Waals surface area contributed by atoms with E-state index < -0.39 is 11.2 Å². The summed E-state index contributed by atoms with van der Waals surface area (Å²) in [6.45, 7) is 19.9. The molecule has 0 aromatic rings. The Morgan fingerprint density at radius 2 is 1.22 bits per heavy atom. The van der Waals surface area contributed by atoms with Gasteiger partial charge in [0.15, 0.2) is 5.79 Å². The van der Waals surface area contributed by atoms with Crippen LogP contribution in [0.2, 0.25) is 0 Å². The zero-order valence-electron chi connectivity index (χ0n) is 22.5. The average Bonchev–Trinajstić information content (AvgIpc) is 2.67. The maximum absolute atomic E-state index is 10.9. The van der Waals surface area contributed by atoms with Gasteiger partial charge >= 0.3 is 0 Å². The summed E-state index contributed by atoms with van der Waals surface area (Å²) in [6.07, 6.45) is 13.8. The molecule has 0 bridgehead atoms. The highest BCUT2D eigenvalue weighted by Gasteiger charge is 2.71. The topological polar surface area (TPSA) is 40.5 Å². The van der Waals surface area contributed by atoms with Gasteiger partial charge < -0.3 is 10.2 Å². The van der Waals surface area contributed by atoms with Crippen LogP contribution in [0.5, 0.6) is 0 Å². The molecule has 2 N–H and O–H groups in total. The fraction of sp³-hybridized carbons (Fsp3) is 1.00. The maximum atomic E-state index is 10.9. The summed E-state index contributed by atoms with van der Waals surface area (Å²) >= 11 is 0. The van der Waals surface area contributed by atoms with Gasteiger partial charge in [-0.3, -0.25) is 0 Å². The molecule has 0 heterocycles. The van der Waals surface area contributed by atoms with E-state index in [9.17, 15) is 10.2 Å². The van der Waals surface area contributed by atoms with Gasteiger partial charge in [-0.2, -0.15) is 0 Å². The molecule has 2 nitrogen and oxygen atoms in total. The molecule has 2 heteroatoms. The third-order valence-corrected chi connectivity index (χ3v) is 13.9. The normalized spacial score (nSPS) is 55.7. The van der Waals surface area contributed by atoms with E-state index in [-0.39, 0.29) is 5.41 Å². The zero-order valence-corrected chi connectivity index (χ0v) is 22.5. The molecule has 0 amide bonds. The first kappa shape index (κ1) is 23.7. The van der Waals surface area contributed by atoms with Crippen LogP contribution >= 0.6 is 0 Å². The first-order valence-corrected chi connectivity index (χ1v) is 14.0. The second-order valence-corrected chi connectivity index (χ2v) is 15.8. The average molecular weight is 445 g/mol. The van der Waals surface area contributed by atoms with Crippen molar-refractivity contribution in [2.24, 2.45) is 56.2 Å². The standard InChI is InChI=1S/C30H52O2/c1-24(2)13-14-26(5)15-17-28(7)20(21(26)19-24)9-10-23-27(6)16-18-30(31,32)25(3,4)22(27)11-12-29(23,28)8/h20-23,31-32H,9-19H2,1-8H3/t20-,21-,22?,23-,26-,27+,28-,29-/m1/s1. The van der Waals surface area contributed by atoms with E-state index in [4.69, 9.17) is 0 Å². The summed E-state index contributed by atoms with van der Waals surface area (Å²) in [6, 6.07) is 0. The van der Waals surface area contributed by atoms with E-state index in [1.165, 1.54) is 51.4 Å². The lowest BCUT2D eigenvalue weighted by atomic mass is 9.31. The highest BCUT2D eigenvalue weighted by atomic mass is 16.5. The monoisotopic (exact) mass is 444 g/mol. The second kappa shape index (κ2) is 6.57. The Kier molecular flexibility index (Phi) is 4.85. The Morgan fingerprint density at radius 3 is 1.91 bits per heavy atom. The van der Waals surface area contributed by atoms with Gasteiger partial charge in [-0.1, -0.05) is 55.4 Å². The van der Waals surface area contributed by atoms with E-state index >= 15 is 0 Å². The van der Waals surface area contributed by atoms with Gasteiger partial charge in [0.05, 0.1) is 0 Å². The van der Waals surface area contributed by atoms with Crippen LogP contribution in [0.3, 0.4) is 0 Å². The summed E-state index contributed by atoms with van der Waals surface area (Å²) in [5.41, 5.74) is 1.67. The fourth-order valence-electron chi connectivity index (χ4n) is 11.3. The summed E-state index contributed by atoms with van der Waals surface area (Å²) in [7, 11) is 0. The Balaban J connectivity index is 1.52. The van der Waals surface area contributed by atoms with Gasteiger partial charge in [-0.15, -0.1) is 0 Å². The molecule has 184 valence electrons. The van der Waals surface area contributed by atoms with Crippen molar-refractivity contribution in [3.8, 4) is 0 Å². The maximum Gasteiger partial charge on any atom is 0.167 e. The molecule has 0 saturated heterocycles. The van der Waals surface area contributed by atoms with E-state index in [0.717, 1.165) is 24.7 Å². The fourth-order valence-corrected chi connectivity index (χ4v) is 11.3. The molecule has 0 aliphatic heterocycles. The van der Waals surface area contributed by atoms with Crippen molar-refractivity contribution >= 4 is 0 Å². The molecule has 0 aromatic heterocycles. The van der Waals surface area contributed by atoms with Gasteiger partial charge in [0.25, 0.3) is 0 Å². The van der Waals surface area contributed by atoms with E-state index in [2.05, 4.69) is 55.4 Å². The summed E-state index contributed by atoms with van der Waals surface area (Å²) in [5, 5.41) is 21.8. The lowest BCUT2D eigenvalue weighted by molar-refractivity contribution is -0.321. The molecule has 8 atom stereocenters. The Morgan fingerprint density at radius 1 is 0.562 bits per heavy atom. The molecular formula is C30H52O2. The van der Waals surface area contributed by atoms with Gasteiger partial charge in [-0.05, 0) is 115 Å². The first-order chi connectivity index (χ1) is 14.5. The molecule has 5 aliphatic carbocycles. The van der Waals surface area contributed by atoms with Crippen molar-refractivity contribution in [1.29, 1.82) is 0 Å². The number of aliphatic hydroxyl groups is 2. The smallest absolute Gasteiger partial charge is 0.167 e. The lowest BCUT2D eigenvalue weighted by Crippen LogP contribution is -2.68. The number of hydrogen-bond acceptors (Lipinski definition) is 2. The summed E-state index contributed by atoms with van der Waals surface area (Å²) in [4.78, 5) is 0. The van der Waals surface area contributed by atoms with Crippen LogP contribution in [0.15, 0.2) is 0 Å². The largest absolute Gasteiger partial charge is 0.365 e. The number of rotatable bonds is 0. The van der Waals surface area contributed by atoms with Gasteiger partial charge in [-0.25, -0.2) is 0 Å². The quantitative estimate of drug-likeness (QED) is 0.378. The minimum Gasteiger partial charge on any atom is -0.365 e. The zero-order chi connectivity index (χ0) is 23.6. The van der Waals surface area contributed by atoms with Crippen molar-refractivity contribution < 1.29 is 10.2 Å². The van der Waals surface area contributed by atoms with E-state index in [1.54, 1.807) is 0 Å². The molecule has 5 saturated carbocycles. The molecule has 0 spiro atoms. The van der Waals surface area contributed by atoms with Crippen LogP contribution in [0.1, 0.15) is 126 Å². The van der Waals surface area contributed by atoms with E-state index in [0.29, 0.717) is 39.9 Å². The second-order valence-electron chi connectivity index (χ2n) is 15.8. The summed E-state index contributed by atoms with van der Waals surface area (Å²) in [5.74, 6) is 1.35. The molecule has 32 heavy (non-hydrogen) atoms. The van der Waals surface area contributed by atoms with Gasteiger partial charge in [0.2, 0.25) is 0 Å². The molecule has 5 aliphatic rings.